The van der Waals surface area contributed by atoms with Crippen molar-refractivity contribution in [2.24, 2.45) is 0 Å². The second-order valence-electron chi connectivity index (χ2n) is 3.39. The van der Waals surface area contributed by atoms with Gasteiger partial charge in [-0.05, 0) is 25.8 Å². The van der Waals surface area contributed by atoms with Crippen LogP contribution >= 0.6 is 0 Å². The van der Waals surface area contributed by atoms with Gasteiger partial charge in [-0.25, -0.2) is 0 Å². The summed E-state index contributed by atoms with van der Waals surface area (Å²) in [5.74, 6) is -0.166. The maximum absolute atomic E-state index is 11.0. The van der Waals surface area contributed by atoms with Crippen LogP contribution in [-0.2, 0) is 19.0 Å². The normalized spacial score (nSPS) is 20.1. The molecule has 1 unspecified atom stereocenters. The molecule has 0 aromatic rings. The summed E-state index contributed by atoms with van der Waals surface area (Å²) in [6, 6.07) is 0. The van der Waals surface area contributed by atoms with Crippen LogP contribution in [0.25, 0.3) is 0 Å². The molecule has 1 rings (SSSR count). The van der Waals surface area contributed by atoms with Crippen molar-refractivity contribution in [3.63, 3.8) is 0 Å². The molecule has 0 aliphatic carbocycles. The number of esters is 1. The molecule has 0 aromatic carbocycles. The van der Waals surface area contributed by atoms with Crippen LogP contribution in [0.1, 0.15) is 26.7 Å². The van der Waals surface area contributed by atoms with Gasteiger partial charge in [0.2, 0.25) is 0 Å². The quantitative estimate of drug-likeness (QED) is 0.383. The first-order chi connectivity index (χ1) is 7.24. The number of hydrogen-bond donors (Lipinski definition) is 0. The number of rotatable bonds is 6. The highest BCUT2D eigenvalue weighted by Gasteiger charge is 2.16. The van der Waals surface area contributed by atoms with Crippen molar-refractivity contribution in [2.45, 2.75) is 33.0 Å². The largest absolute Gasteiger partial charge is 0.466 e. The van der Waals surface area contributed by atoms with Gasteiger partial charge >= 0.3 is 5.97 Å². The molecule has 1 atom stereocenters. The Bertz CT molecular complexity index is 235. The first-order valence-corrected chi connectivity index (χ1v) is 5.29. The molecule has 0 fully saturated rings. The molecule has 1 heterocycles. The lowest BCUT2D eigenvalue weighted by Crippen LogP contribution is -2.15. The lowest BCUT2D eigenvalue weighted by Gasteiger charge is -2.12. The molecular formula is C11H18O4. The Morgan fingerprint density at radius 3 is 3.07 bits per heavy atom. The van der Waals surface area contributed by atoms with E-state index in [-0.39, 0.29) is 12.3 Å². The van der Waals surface area contributed by atoms with Crippen LogP contribution < -0.4 is 0 Å². The second-order valence-corrected chi connectivity index (χ2v) is 3.39. The predicted octanol–water partition coefficient (Wildman–Crippen LogP) is 1.65. The smallest absolute Gasteiger partial charge is 0.305 e. The van der Waals surface area contributed by atoms with E-state index in [9.17, 15) is 4.79 Å². The molecule has 1 aliphatic heterocycles. The van der Waals surface area contributed by atoms with Crippen LogP contribution in [0.3, 0.4) is 0 Å². The minimum atomic E-state index is -0.216. The molecular weight excluding hydrogens is 196 g/mol. The number of carbonyl (C=O) groups excluding carboxylic acids is 1. The third kappa shape index (κ3) is 4.44. The molecule has 86 valence electrons. The van der Waals surface area contributed by atoms with E-state index < -0.39 is 0 Å². The molecule has 15 heavy (non-hydrogen) atoms. The lowest BCUT2D eigenvalue weighted by atomic mass is 10.3. The summed E-state index contributed by atoms with van der Waals surface area (Å²) in [6.45, 7) is 5.36. The Morgan fingerprint density at radius 1 is 1.67 bits per heavy atom. The summed E-state index contributed by atoms with van der Waals surface area (Å²) in [6.07, 6.45) is 2.86. The zero-order chi connectivity index (χ0) is 11.1. The third-order valence-corrected chi connectivity index (χ3v) is 2.12. The first kappa shape index (κ1) is 12.2. The molecule has 0 radical (unpaired) electrons. The highest BCUT2D eigenvalue weighted by atomic mass is 16.7. The highest BCUT2D eigenvalue weighted by molar-refractivity contribution is 5.69. The van der Waals surface area contributed by atoms with Crippen molar-refractivity contribution in [2.75, 3.05) is 19.8 Å². The van der Waals surface area contributed by atoms with E-state index in [0.717, 1.165) is 5.57 Å². The molecule has 0 bridgehead atoms. The molecule has 0 aromatic heterocycles. The van der Waals surface area contributed by atoms with E-state index in [2.05, 4.69) is 0 Å². The topological polar surface area (TPSA) is 44.8 Å². The fraction of sp³-hybridized carbons (Fsp3) is 0.727. The molecule has 1 aliphatic rings. The summed E-state index contributed by atoms with van der Waals surface area (Å²) < 4.78 is 15.5. The van der Waals surface area contributed by atoms with Crippen LogP contribution in [0, 0.1) is 0 Å². The van der Waals surface area contributed by atoms with E-state index in [0.29, 0.717) is 32.7 Å². The first-order valence-electron chi connectivity index (χ1n) is 5.29. The highest BCUT2D eigenvalue weighted by Crippen LogP contribution is 2.14. The molecule has 0 amide bonds. The van der Waals surface area contributed by atoms with Gasteiger partial charge in [0.15, 0.2) is 6.29 Å². The zero-order valence-electron chi connectivity index (χ0n) is 9.32. The van der Waals surface area contributed by atoms with Gasteiger partial charge in [0.1, 0.15) is 0 Å². The Hall–Kier alpha value is -0.870. The van der Waals surface area contributed by atoms with Crippen LogP contribution in [0.4, 0.5) is 0 Å². The van der Waals surface area contributed by atoms with Crippen LogP contribution in [0.2, 0.25) is 0 Å². The van der Waals surface area contributed by atoms with Gasteiger partial charge in [-0.1, -0.05) is 6.08 Å². The molecule has 4 heteroatoms. The fourth-order valence-corrected chi connectivity index (χ4v) is 1.31. The van der Waals surface area contributed by atoms with Crippen LogP contribution in [-0.4, -0.2) is 32.1 Å². The van der Waals surface area contributed by atoms with Crippen molar-refractivity contribution >= 4 is 5.97 Å². The predicted molar refractivity (Wildman–Crippen MR) is 55.3 cm³/mol. The Balaban J connectivity index is 2.02. The minimum absolute atomic E-state index is 0.166. The lowest BCUT2D eigenvalue weighted by molar-refractivity contribution is -0.144. The van der Waals surface area contributed by atoms with Crippen molar-refractivity contribution in [3.8, 4) is 0 Å². The summed E-state index contributed by atoms with van der Waals surface area (Å²) in [7, 11) is 0. The SMILES string of the molecule is CCOC(=O)CCCOC1OCC=C1C. The Labute approximate surface area is 90.2 Å². The monoisotopic (exact) mass is 214 g/mol. The number of carbonyl (C=O) groups is 1. The van der Waals surface area contributed by atoms with Crippen LogP contribution in [0.15, 0.2) is 11.6 Å². The van der Waals surface area contributed by atoms with Gasteiger partial charge in [-0.2, -0.15) is 0 Å². The second kappa shape index (κ2) is 6.58. The maximum atomic E-state index is 11.0. The standard InChI is InChI=1S/C11H18O4/c1-3-13-10(12)5-4-7-14-11-9(2)6-8-15-11/h6,11H,3-5,7-8H2,1-2H3. The van der Waals surface area contributed by atoms with E-state index in [4.69, 9.17) is 14.2 Å². The summed E-state index contributed by atoms with van der Waals surface area (Å²) in [5.41, 5.74) is 1.10. The van der Waals surface area contributed by atoms with Gasteiger partial charge in [0.25, 0.3) is 0 Å². The van der Waals surface area contributed by atoms with E-state index in [1.165, 1.54) is 0 Å². The van der Waals surface area contributed by atoms with Crippen molar-refractivity contribution in [1.82, 2.24) is 0 Å². The summed E-state index contributed by atoms with van der Waals surface area (Å²) in [5, 5.41) is 0. The van der Waals surface area contributed by atoms with Crippen LogP contribution in [0.5, 0.6) is 0 Å². The van der Waals surface area contributed by atoms with Gasteiger partial charge in [0, 0.05) is 6.42 Å². The average molecular weight is 214 g/mol. The average Bonchev–Trinajstić information content (AvgIpc) is 2.60. The minimum Gasteiger partial charge on any atom is -0.466 e. The number of ether oxygens (including phenoxy) is 3. The molecule has 4 nitrogen and oxygen atoms in total. The van der Waals surface area contributed by atoms with Gasteiger partial charge in [0.05, 0.1) is 19.8 Å². The maximum Gasteiger partial charge on any atom is 0.305 e. The molecule has 0 N–H and O–H groups in total. The molecule has 0 saturated carbocycles. The van der Waals surface area contributed by atoms with E-state index in [1.807, 2.05) is 13.0 Å². The van der Waals surface area contributed by atoms with E-state index >= 15 is 0 Å². The third-order valence-electron chi connectivity index (χ3n) is 2.12. The summed E-state index contributed by atoms with van der Waals surface area (Å²) >= 11 is 0. The van der Waals surface area contributed by atoms with Crippen molar-refractivity contribution in [3.05, 3.63) is 11.6 Å². The zero-order valence-corrected chi connectivity index (χ0v) is 9.32. The fourth-order valence-electron chi connectivity index (χ4n) is 1.31. The van der Waals surface area contributed by atoms with Crippen molar-refractivity contribution in [1.29, 1.82) is 0 Å². The van der Waals surface area contributed by atoms with Crippen molar-refractivity contribution < 1.29 is 19.0 Å². The summed E-state index contributed by atoms with van der Waals surface area (Å²) in [4.78, 5) is 11.0. The Morgan fingerprint density at radius 2 is 2.47 bits per heavy atom. The molecule has 0 saturated heterocycles. The van der Waals surface area contributed by atoms with Gasteiger partial charge in [-0.3, -0.25) is 4.79 Å². The van der Waals surface area contributed by atoms with Gasteiger partial charge < -0.3 is 14.2 Å². The number of hydrogen-bond acceptors (Lipinski definition) is 4. The molecule has 0 spiro atoms. The Kier molecular flexibility index (Phi) is 5.36. The van der Waals surface area contributed by atoms with Gasteiger partial charge in [-0.15, -0.1) is 0 Å². The van der Waals surface area contributed by atoms with E-state index in [1.54, 1.807) is 6.92 Å².